The summed E-state index contributed by atoms with van der Waals surface area (Å²) in [5, 5.41) is 2.69. The van der Waals surface area contributed by atoms with Crippen LogP contribution in [0.15, 0.2) is 119 Å². The lowest BCUT2D eigenvalue weighted by Gasteiger charge is -2.34. The van der Waals surface area contributed by atoms with Crippen LogP contribution in [0.5, 0.6) is 0 Å². The number of nitrogens with one attached hydrogen (secondary N) is 1. The van der Waals surface area contributed by atoms with Gasteiger partial charge in [-0.15, -0.1) is 0 Å². The van der Waals surface area contributed by atoms with Crippen LogP contribution >= 0.6 is 15.9 Å². The Morgan fingerprint density at radius 3 is 2.00 bits per heavy atom. The molecule has 2 amide bonds. The maximum absolute atomic E-state index is 14.3. The van der Waals surface area contributed by atoms with Crippen LogP contribution in [-0.4, -0.2) is 44.8 Å². The molecule has 4 rings (SSSR count). The van der Waals surface area contributed by atoms with Gasteiger partial charge in [0.1, 0.15) is 12.6 Å². The van der Waals surface area contributed by atoms with Gasteiger partial charge in [0.05, 0.1) is 10.6 Å². The first-order valence-electron chi connectivity index (χ1n) is 13.1. The van der Waals surface area contributed by atoms with Crippen LogP contribution in [0.3, 0.4) is 0 Å². The molecule has 0 saturated heterocycles. The highest BCUT2D eigenvalue weighted by molar-refractivity contribution is 9.10. The minimum absolute atomic E-state index is 0.0719. The molecule has 9 heteroatoms. The monoisotopic (exact) mass is 633 g/mol. The maximum Gasteiger partial charge on any atom is 0.264 e. The number of carbonyl (C=O) groups excluding carboxylic acids is 2. The number of carbonyl (C=O) groups is 2. The second-order valence-corrected chi connectivity index (χ2v) is 12.4. The third-order valence-corrected chi connectivity index (χ3v) is 9.08. The fourth-order valence-corrected chi connectivity index (χ4v) is 6.35. The van der Waals surface area contributed by atoms with Crippen LogP contribution in [0, 0.1) is 6.92 Å². The van der Waals surface area contributed by atoms with Crippen LogP contribution in [0.4, 0.5) is 5.69 Å². The van der Waals surface area contributed by atoms with E-state index in [1.54, 1.807) is 43.3 Å². The molecule has 0 aliphatic heterocycles. The zero-order chi connectivity index (χ0) is 29.4. The molecule has 1 N–H and O–H groups in total. The summed E-state index contributed by atoms with van der Waals surface area (Å²) in [4.78, 5) is 29.1. The van der Waals surface area contributed by atoms with Crippen molar-refractivity contribution < 1.29 is 18.0 Å². The van der Waals surface area contributed by atoms with Gasteiger partial charge in [-0.05, 0) is 53.9 Å². The Bertz CT molecular complexity index is 1580. The van der Waals surface area contributed by atoms with Gasteiger partial charge in [0.25, 0.3) is 10.0 Å². The molecular formula is C32H32BrN3O4S. The molecule has 4 aromatic rings. The van der Waals surface area contributed by atoms with Crippen LogP contribution in [-0.2, 0) is 32.6 Å². The van der Waals surface area contributed by atoms with E-state index >= 15 is 0 Å². The summed E-state index contributed by atoms with van der Waals surface area (Å²) < 4.78 is 29.9. The molecule has 0 radical (unpaired) electrons. The van der Waals surface area contributed by atoms with E-state index in [4.69, 9.17) is 0 Å². The van der Waals surface area contributed by atoms with Gasteiger partial charge in [-0.2, -0.15) is 0 Å². The minimum Gasteiger partial charge on any atom is -0.357 e. The Morgan fingerprint density at radius 1 is 0.805 bits per heavy atom. The third kappa shape index (κ3) is 7.42. The van der Waals surface area contributed by atoms with Crippen molar-refractivity contribution in [2.75, 3.05) is 17.9 Å². The van der Waals surface area contributed by atoms with Crippen LogP contribution < -0.4 is 9.62 Å². The fraction of sp³-hybridized carbons (Fsp3) is 0.188. The van der Waals surface area contributed by atoms with Crippen molar-refractivity contribution in [3.05, 3.63) is 130 Å². The van der Waals surface area contributed by atoms with Crippen molar-refractivity contribution in [2.24, 2.45) is 0 Å². The summed E-state index contributed by atoms with van der Waals surface area (Å²) in [7, 11) is -2.59. The normalized spacial score (nSPS) is 11.9. The van der Waals surface area contributed by atoms with Gasteiger partial charge in [0, 0.05) is 24.5 Å². The molecule has 0 bridgehead atoms. The second kappa shape index (κ2) is 13.6. The van der Waals surface area contributed by atoms with Gasteiger partial charge in [0.15, 0.2) is 0 Å². The number of likely N-dealkylation sites (N-methyl/N-ethyl adjacent to an activating group) is 1. The molecule has 0 aliphatic rings. The summed E-state index contributed by atoms with van der Waals surface area (Å²) in [6.45, 7) is 1.43. The van der Waals surface area contributed by atoms with Crippen LogP contribution in [0.25, 0.3) is 0 Å². The number of aryl methyl sites for hydroxylation is 1. The first-order valence-corrected chi connectivity index (χ1v) is 15.4. The number of anilines is 1. The molecule has 1 atom stereocenters. The zero-order valence-corrected chi connectivity index (χ0v) is 25.3. The SMILES string of the molecule is CNC(=O)[C@H](Cc1ccccc1)N(Cc1ccc(Br)cc1)C(=O)CN(c1ccccc1C)S(=O)(=O)c1ccccc1. The van der Waals surface area contributed by atoms with Gasteiger partial charge in [-0.1, -0.05) is 94.8 Å². The van der Waals surface area contributed by atoms with E-state index in [9.17, 15) is 18.0 Å². The largest absolute Gasteiger partial charge is 0.357 e. The number of halogens is 1. The van der Waals surface area contributed by atoms with E-state index in [2.05, 4.69) is 21.2 Å². The Hall–Kier alpha value is -3.95. The highest BCUT2D eigenvalue weighted by atomic mass is 79.9. The predicted molar refractivity (Wildman–Crippen MR) is 165 cm³/mol. The fourth-order valence-electron chi connectivity index (χ4n) is 4.58. The highest BCUT2D eigenvalue weighted by Crippen LogP contribution is 2.27. The van der Waals surface area contributed by atoms with E-state index in [1.807, 2.05) is 60.7 Å². The predicted octanol–water partition coefficient (Wildman–Crippen LogP) is 5.34. The van der Waals surface area contributed by atoms with Gasteiger partial charge in [0.2, 0.25) is 11.8 Å². The van der Waals surface area contributed by atoms with Gasteiger partial charge < -0.3 is 10.2 Å². The third-order valence-electron chi connectivity index (χ3n) is 6.78. The Balaban J connectivity index is 1.78. The molecule has 0 fully saturated rings. The van der Waals surface area contributed by atoms with Gasteiger partial charge in [-0.3, -0.25) is 13.9 Å². The minimum atomic E-state index is -4.11. The summed E-state index contributed by atoms with van der Waals surface area (Å²) in [5.74, 6) is -0.840. The number of nitrogens with zero attached hydrogens (tertiary/aromatic N) is 2. The van der Waals surface area contributed by atoms with Crippen molar-refractivity contribution >= 4 is 43.5 Å². The molecule has 0 spiro atoms. The number of amides is 2. The Kier molecular flexibility index (Phi) is 9.96. The first-order chi connectivity index (χ1) is 19.7. The Morgan fingerprint density at radius 2 is 1.39 bits per heavy atom. The van der Waals surface area contributed by atoms with E-state index in [0.717, 1.165) is 19.9 Å². The topological polar surface area (TPSA) is 86.8 Å². The molecule has 0 unspecified atom stereocenters. The average molecular weight is 635 g/mol. The van der Waals surface area contributed by atoms with E-state index in [0.29, 0.717) is 11.3 Å². The summed E-state index contributed by atoms with van der Waals surface area (Å²) >= 11 is 3.44. The quantitative estimate of drug-likeness (QED) is 0.242. The van der Waals surface area contributed by atoms with Crippen LogP contribution in [0.1, 0.15) is 16.7 Å². The smallest absolute Gasteiger partial charge is 0.264 e. The van der Waals surface area contributed by atoms with Crippen molar-refractivity contribution in [3.63, 3.8) is 0 Å². The lowest BCUT2D eigenvalue weighted by Crippen LogP contribution is -2.53. The molecule has 41 heavy (non-hydrogen) atoms. The van der Waals surface area contributed by atoms with E-state index in [-0.39, 0.29) is 23.8 Å². The number of hydrogen-bond acceptors (Lipinski definition) is 4. The summed E-state index contributed by atoms with van der Waals surface area (Å²) in [6, 6.07) is 31.1. The number of para-hydroxylation sites is 1. The van der Waals surface area contributed by atoms with Gasteiger partial charge in [-0.25, -0.2) is 8.42 Å². The Labute approximate surface area is 250 Å². The van der Waals surface area contributed by atoms with Crippen LogP contribution in [0.2, 0.25) is 0 Å². The average Bonchev–Trinajstić information content (AvgIpc) is 2.99. The first kappa shape index (κ1) is 30.0. The number of rotatable bonds is 11. The van der Waals surface area contributed by atoms with Crippen molar-refractivity contribution in [1.29, 1.82) is 0 Å². The standard InChI is InChI=1S/C32H32BrN3O4S/c1-24-11-9-10-16-29(24)36(41(39,40)28-14-7-4-8-15-28)23-31(37)35(22-26-17-19-27(33)20-18-26)30(32(38)34-2)21-25-12-5-3-6-13-25/h3-20,30H,21-23H2,1-2H3,(H,34,38)/t30-/m0/s1. The molecule has 7 nitrogen and oxygen atoms in total. The molecule has 212 valence electrons. The second-order valence-electron chi connectivity index (χ2n) is 9.58. The van der Waals surface area contributed by atoms with Gasteiger partial charge >= 0.3 is 0 Å². The summed E-state index contributed by atoms with van der Waals surface area (Å²) in [5.41, 5.74) is 2.78. The molecule has 4 aromatic carbocycles. The lowest BCUT2D eigenvalue weighted by atomic mass is 10.0. The van der Waals surface area contributed by atoms with Crippen molar-refractivity contribution in [3.8, 4) is 0 Å². The molecular weight excluding hydrogens is 602 g/mol. The van der Waals surface area contributed by atoms with E-state index in [1.165, 1.54) is 24.1 Å². The zero-order valence-electron chi connectivity index (χ0n) is 22.9. The van der Waals surface area contributed by atoms with E-state index < -0.39 is 28.5 Å². The number of sulfonamides is 1. The number of hydrogen-bond donors (Lipinski definition) is 1. The summed E-state index contributed by atoms with van der Waals surface area (Å²) in [6.07, 6.45) is 0.262. The lowest BCUT2D eigenvalue weighted by molar-refractivity contribution is -0.139. The molecule has 0 aliphatic carbocycles. The molecule has 0 heterocycles. The maximum atomic E-state index is 14.3. The molecule has 0 saturated carbocycles. The highest BCUT2D eigenvalue weighted by Gasteiger charge is 2.34. The van der Waals surface area contributed by atoms with Crippen molar-refractivity contribution in [2.45, 2.75) is 30.8 Å². The number of benzene rings is 4. The molecule has 0 aromatic heterocycles. The van der Waals surface area contributed by atoms with Crippen molar-refractivity contribution in [1.82, 2.24) is 10.2 Å².